The first-order chi connectivity index (χ1) is 6.63. The number of ketones is 1. The highest BCUT2D eigenvalue weighted by Crippen LogP contribution is 2.17. The van der Waals surface area contributed by atoms with Gasteiger partial charge in [-0.05, 0) is 37.5 Å². The van der Waals surface area contributed by atoms with Crippen molar-refractivity contribution in [2.75, 3.05) is 0 Å². The molecular weight excluding hydrogens is 176 g/mol. The minimum atomic E-state index is 0.0804. The Balaban J connectivity index is 2.72. The summed E-state index contributed by atoms with van der Waals surface area (Å²) in [5.41, 5.74) is 1.02. The third-order valence-electron chi connectivity index (χ3n) is 2.46. The van der Waals surface area contributed by atoms with E-state index in [1.54, 1.807) is 25.1 Å². The van der Waals surface area contributed by atoms with Gasteiger partial charge in [0.2, 0.25) is 0 Å². The second-order valence-corrected chi connectivity index (χ2v) is 3.59. The van der Waals surface area contributed by atoms with Crippen molar-refractivity contribution in [3.63, 3.8) is 0 Å². The lowest BCUT2D eigenvalue weighted by Crippen LogP contribution is -2.12. The van der Waals surface area contributed by atoms with Crippen LogP contribution in [0.5, 0.6) is 5.75 Å². The largest absolute Gasteiger partial charge is 0.508 e. The van der Waals surface area contributed by atoms with E-state index in [4.69, 9.17) is 0 Å². The summed E-state index contributed by atoms with van der Waals surface area (Å²) in [6, 6.07) is 7.09. The van der Waals surface area contributed by atoms with E-state index < -0.39 is 0 Å². The van der Waals surface area contributed by atoms with Gasteiger partial charge in [-0.1, -0.05) is 19.1 Å². The van der Waals surface area contributed by atoms with Crippen LogP contribution < -0.4 is 0 Å². The molecule has 1 N–H and O–H groups in total. The molecule has 76 valence electrons. The Morgan fingerprint density at radius 1 is 1.50 bits per heavy atom. The number of rotatable bonds is 4. The van der Waals surface area contributed by atoms with Crippen LogP contribution in [0, 0.1) is 5.92 Å². The second kappa shape index (κ2) is 4.80. The van der Waals surface area contributed by atoms with Gasteiger partial charge in [0, 0.05) is 5.92 Å². The van der Waals surface area contributed by atoms with E-state index in [1.807, 2.05) is 13.0 Å². The van der Waals surface area contributed by atoms with Crippen LogP contribution in [0.1, 0.15) is 25.8 Å². The Labute approximate surface area is 84.6 Å². The SMILES string of the molecule is CCC(Cc1cccc(O)c1)C(C)=O. The summed E-state index contributed by atoms with van der Waals surface area (Å²) in [5, 5.41) is 9.25. The number of carbonyl (C=O) groups is 1. The van der Waals surface area contributed by atoms with Crippen LogP contribution in [0.3, 0.4) is 0 Å². The highest BCUT2D eigenvalue weighted by molar-refractivity contribution is 5.78. The highest BCUT2D eigenvalue weighted by atomic mass is 16.3. The lowest BCUT2D eigenvalue weighted by Gasteiger charge is -2.10. The summed E-state index contributed by atoms with van der Waals surface area (Å²) in [5.74, 6) is 0.563. The molecule has 14 heavy (non-hydrogen) atoms. The summed E-state index contributed by atoms with van der Waals surface area (Å²) >= 11 is 0. The predicted octanol–water partition coefficient (Wildman–Crippen LogP) is 2.55. The van der Waals surface area contributed by atoms with E-state index >= 15 is 0 Å². The molecule has 2 heteroatoms. The van der Waals surface area contributed by atoms with Crippen LogP contribution in [0.25, 0.3) is 0 Å². The molecule has 0 aliphatic carbocycles. The minimum Gasteiger partial charge on any atom is -0.508 e. The average Bonchev–Trinajstić information content (AvgIpc) is 2.14. The molecule has 0 heterocycles. The smallest absolute Gasteiger partial charge is 0.133 e. The Hall–Kier alpha value is -1.31. The first-order valence-electron chi connectivity index (χ1n) is 4.91. The number of phenolic OH excluding ortho intramolecular Hbond substituents is 1. The lowest BCUT2D eigenvalue weighted by molar-refractivity contribution is -0.120. The number of carbonyl (C=O) groups excluding carboxylic acids is 1. The van der Waals surface area contributed by atoms with Gasteiger partial charge in [0.05, 0.1) is 0 Å². The predicted molar refractivity (Wildman–Crippen MR) is 56.3 cm³/mol. The second-order valence-electron chi connectivity index (χ2n) is 3.59. The third-order valence-corrected chi connectivity index (χ3v) is 2.46. The molecule has 0 radical (unpaired) electrons. The van der Waals surface area contributed by atoms with Crippen molar-refractivity contribution >= 4 is 5.78 Å². The Morgan fingerprint density at radius 2 is 2.21 bits per heavy atom. The molecule has 0 aliphatic rings. The normalized spacial score (nSPS) is 12.4. The molecule has 0 amide bonds. The maximum Gasteiger partial charge on any atom is 0.133 e. The molecule has 1 aromatic rings. The minimum absolute atomic E-state index is 0.0804. The van der Waals surface area contributed by atoms with Crippen molar-refractivity contribution in [3.05, 3.63) is 29.8 Å². The molecule has 1 atom stereocenters. The number of aromatic hydroxyl groups is 1. The first kappa shape index (κ1) is 10.8. The molecule has 0 saturated heterocycles. The van der Waals surface area contributed by atoms with Crippen LogP contribution in [0.4, 0.5) is 0 Å². The molecule has 0 aromatic heterocycles. The maximum absolute atomic E-state index is 11.2. The van der Waals surface area contributed by atoms with Crippen LogP contribution in [-0.2, 0) is 11.2 Å². The molecule has 1 aromatic carbocycles. The molecule has 1 unspecified atom stereocenters. The van der Waals surface area contributed by atoms with Gasteiger partial charge in [-0.25, -0.2) is 0 Å². The van der Waals surface area contributed by atoms with Gasteiger partial charge in [-0.15, -0.1) is 0 Å². The van der Waals surface area contributed by atoms with Crippen LogP contribution in [-0.4, -0.2) is 10.9 Å². The summed E-state index contributed by atoms with van der Waals surface area (Å²) in [6.07, 6.45) is 1.57. The van der Waals surface area contributed by atoms with Gasteiger partial charge in [0.15, 0.2) is 0 Å². The Kier molecular flexibility index (Phi) is 3.69. The van der Waals surface area contributed by atoms with Gasteiger partial charge < -0.3 is 5.11 Å². The van der Waals surface area contributed by atoms with Crippen molar-refractivity contribution in [2.45, 2.75) is 26.7 Å². The van der Waals surface area contributed by atoms with E-state index in [-0.39, 0.29) is 17.5 Å². The van der Waals surface area contributed by atoms with Gasteiger partial charge >= 0.3 is 0 Å². The fourth-order valence-electron chi connectivity index (χ4n) is 1.54. The Morgan fingerprint density at radius 3 is 2.71 bits per heavy atom. The fraction of sp³-hybridized carbons (Fsp3) is 0.417. The molecular formula is C12H16O2. The zero-order chi connectivity index (χ0) is 10.6. The van der Waals surface area contributed by atoms with Crippen molar-refractivity contribution in [1.29, 1.82) is 0 Å². The van der Waals surface area contributed by atoms with E-state index in [0.717, 1.165) is 18.4 Å². The molecule has 2 nitrogen and oxygen atoms in total. The van der Waals surface area contributed by atoms with Gasteiger partial charge in [-0.2, -0.15) is 0 Å². The van der Waals surface area contributed by atoms with E-state index in [2.05, 4.69) is 0 Å². The van der Waals surface area contributed by atoms with Crippen molar-refractivity contribution < 1.29 is 9.90 Å². The molecule has 0 saturated carbocycles. The maximum atomic E-state index is 11.2. The summed E-state index contributed by atoms with van der Waals surface area (Å²) in [6.45, 7) is 3.63. The van der Waals surface area contributed by atoms with Gasteiger partial charge in [0.1, 0.15) is 11.5 Å². The topological polar surface area (TPSA) is 37.3 Å². The molecule has 1 rings (SSSR count). The molecule has 0 aliphatic heterocycles. The van der Waals surface area contributed by atoms with Crippen LogP contribution >= 0.6 is 0 Å². The van der Waals surface area contributed by atoms with Gasteiger partial charge in [-0.3, -0.25) is 4.79 Å². The quantitative estimate of drug-likeness (QED) is 0.796. The van der Waals surface area contributed by atoms with Crippen LogP contribution in [0.15, 0.2) is 24.3 Å². The van der Waals surface area contributed by atoms with Crippen LogP contribution in [0.2, 0.25) is 0 Å². The molecule has 0 bridgehead atoms. The molecule has 0 spiro atoms. The Bertz CT molecular complexity index is 318. The van der Waals surface area contributed by atoms with Crippen molar-refractivity contribution in [2.24, 2.45) is 5.92 Å². The van der Waals surface area contributed by atoms with Gasteiger partial charge in [0.25, 0.3) is 0 Å². The monoisotopic (exact) mass is 192 g/mol. The molecule has 0 fully saturated rings. The third kappa shape index (κ3) is 2.87. The number of phenols is 1. The number of hydrogen-bond acceptors (Lipinski definition) is 2. The summed E-state index contributed by atoms with van der Waals surface area (Å²) in [7, 11) is 0. The first-order valence-corrected chi connectivity index (χ1v) is 4.91. The van der Waals surface area contributed by atoms with Crippen molar-refractivity contribution in [3.8, 4) is 5.75 Å². The fourth-order valence-corrected chi connectivity index (χ4v) is 1.54. The standard InChI is InChI=1S/C12H16O2/c1-3-11(9(2)13)7-10-5-4-6-12(14)8-10/h4-6,8,11,14H,3,7H2,1-2H3. The van der Waals surface area contributed by atoms with E-state index in [1.165, 1.54) is 0 Å². The number of hydrogen-bond donors (Lipinski definition) is 1. The zero-order valence-electron chi connectivity index (χ0n) is 8.66. The summed E-state index contributed by atoms with van der Waals surface area (Å²) < 4.78 is 0. The summed E-state index contributed by atoms with van der Waals surface area (Å²) in [4.78, 5) is 11.2. The van der Waals surface area contributed by atoms with Crippen molar-refractivity contribution in [1.82, 2.24) is 0 Å². The zero-order valence-corrected chi connectivity index (χ0v) is 8.66. The average molecular weight is 192 g/mol. The lowest BCUT2D eigenvalue weighted by atomic mass is 9.94. The van der Waals surface area contributed by atoms with E-state index in [0.29, 0.717) is 0 Å². The van der Waals surface area contributed by atoms with E-state index in [9.17, 15) is 9.90 Å². The highest BCUT2D eigenvalue weighted by Gasteiger charge is 2.12. The number of benzene rings is 1. The number of Topliss-reactive ketones (excluding diaryl/α,β-unsaturated/α-hetero) is 1.